The van der Waals surface area contributed by atoms with Crippen molar-refractivity contribution in [2.24, 2.45) is 0 Å². The molecule has 0 atom stereocenters. The summed E-state index contributed by atoms with van der Waals surface area (Å²) in [6.45, 7) is 3.47. The molecule has 0 aliphatic heterocycles. The van der Waals surface area contributed by atoms with Crippen molar-refractivity contribution < 1.29 is 14.3 Å². The van der Waals surface area contributed by atoms with Gasteiger partial charge in [0.05, 0.1) is 11.3 Å². The Morgan fingerprint density at radius 3 is 2.71 bits per heavy atom. The second kappa shape index (κ2) is 9.25. The maximum absolute atomic E-state index is 12.6. The Morgan fingerprint density at radius 1 is 1.21 bits per heavy atom. The van der Waals surface area contributed by atoms with Crippen molar-refractivity contribution in [3.63, 3.8) is 0 Å². The maximum Gasteiger partial charge on any atom is 0.341 e. The lowest BCUT2D eigenvalue weighted by Gasteiger charge is -2.18. The van der Waals surface area contributed by atoms with E-state index in [-0.39, 0.29) is 17.3 Å². The molecule has 0 N–H and O–H groups in total. The average Bonchev–Trinajstić information content (AvgIpc) is 3.21. The number of hydrogen-bond donors (Lipinski definition) is 0. The number of carbonyl (C=O) groups excluding carboxylic acids is 2. The van der Waals surface area contributed by atoms with Crippen molar-refractivity contribution in [1.29, 1.82) is 0 Å². The summed E-state index contributed by atoms with van der Waals surface area (Å²) in [5, 5.41) is 2.39. The third kappa shape index (κ3) is 4.62. The highest BCUT2D eigenvalue weighted by atomic mass is 35.5. The fourth-order valence-corrected chi connectivity index (χ4v) is 3.42. The minimum Gasteiger partial charge on any atom is -0.452 e. The molecule has 28 heavy (non-hydrogen) atoms. The van der Waals surface area contributed by atoms with Crippen LogP contribution in [0.15, 0.2) is 66.7 Å². The highest BCUT2D eigenvalue weighted by molar-refractivity contribution is 7.14. The van der Waals surface area contributed by atoms with Crippen LogP contribution in [-0.4, -0.2) is 35.0 Å². The average molecular weight is 414 g/mol. The van der Waals surface area contributed by atoms with Crippen molar-refractivity contribution in [1.82, 2.24) is 9.97 Å². The van der Waals surface area contributed by atoms with Crippen LogP contribution >= 0.6 is 22.9 Å². The van der Waals surface area contributed by atoms with Crippen molar-refractivity contribution >= 4 is 39.9 Å². The lowest BCUT2D eigenvalue weighted by molar-refractivity contribution is -0.121. The van der Waals surface area contributed by atoms with Gasteiger partial charge >= 0.3 is 5.97 Å². The van der Waals surface area contributed by atoms with Crippen LogP contribution in [0.4, 0.5) is 5.13 Å². The van der Waals surface area contributed by atoms with E-state index in [9.17, 15) is 9.59 Å². The van der Waals surface area contributed by atoms with E-state index >= 15 is 0 Å². The van der Waals surface area contributed by atoms with Gasteiger partial charge in [0.25, 0.3) is 5.91 Å². The number of hydrogen-bond acceptors (Lipinski definition) is 6. The van der Waals surface area contributed by atoms with Gasteiger partial charge in [0.1, 0.15) is 5.15 Å². The molecule has 0 aliphatic carbocycles. The number of rotatable bonds is 7. The van der Waals surface area contributed by atoms with Gasteiger partial charge in [0.2, 0.25) is 0 Å². The zero-order chi connectivity index (χ0) is 19.9. The minimum atomic E-state index is -0.714. The molecule has 3 rings (SSSR count). The predicted molar refractivity (Wildman–Crippen MR) is 110 cm³/mol. The summed E-state index contributed by atoms with van der Waals surface area (Å²) >= 11 is 7.20. The Kier molecular flexibility index (Phi) is 6.52. The summed E-state index contributed by atoms with van der Waals surface area (Å²) in [7, 11) is 0. The maximum atomic E-state index is 12.6. The van der Waals surface area contributed by atoms with Crippen molar-refractivity contribution in [3.05, 3.63) is 77.4 Å². The number of pyridine rings is 1. The number of ether oxygens (including phenoxy) is 1. The number of anilines is 1. The van der Waals surface area contributed by atoms with E-state index in [1.165, 1.54) is 28.5 Å². The van der Waals surface area contributed by atoms with E-state index in [0.717, 1.165) is 11.3 Å². The van der Waals surface area contributed by atoms with E-state index < -0.39 is 18.5 Å². The molecule has 0 aliphatic rings. The first-order valence-electron chi connectivity index (χ1n) is 8.30. The molecular weight excluding hydrogens is 398 g/mol. The molecule has 8 heteroatoms. The third-order valence-electron chi connectivity index (χ3n) is 3.71. The van der Waals surface area contributed by atoms with Crippen molar-refractivity contribution in [2.75, 3.05) is 18.1 Å². The number of halogens is 1. The van der Waals surface area contributed by atoms with Gasteiger partial charge < -0.3 is 4.74 Å². The van der Waals surface area contributed by atoms with E-state index in [4.69, 9.17) is 16.3 Å². The Bertz CT molecular complexity index is 991. The Balaban J connectivity index is 1.71. The molecule has 2 aromatic heterocycles. The van der Waals surface area contributed by atoms with Gasteiger partial charge in [0, 0.05) is 23.7 Å². The van der Waals surface area contributed by atoms with Crippen LogP contribution in [0.1, 0.15) is 10.4 Å². The Morgan fingerprint density at radius 2 is 2.00 bits per heavy atom. The Labute approximate surface area is 171 Å². The molecule has 0 unspecified atom stereocenters. The second-order valence-corrected chi connectivity index (χ2v) is 6.79. The molecule has 0 saturated carbocycles. The van der Waals surface area contributed by atoms with Crippen molar-refractivity contribution in [2.45, 2.75) is 0 Å². The fourth-order valence-electron chi connectivity index (χ4n) is 2.37. The summed E-state index contributed by atoms with van der Waals surface area (Å²) in [6, 6.07) is 12.7. The predicted octanol–water partition coefficient (Wildman–Crippen LogP) is 4.23. The second-order valence-electron chi connectivity index (χ2n) is 5.59. The van der Waals surface area contributed by atoms with Gasteiger partial charge in [-0.3, -0.25) is 9.69 Å². The normalized spacial score (nSPS) is 10.3. The summed E-state index contributed by atoms with van der Waals surface area (Å²) in [6.07, 6.45) is 3.05. The van der Waals surface area contributed by atoms with Gasteiger partial charge in [-0.25, -0.2) is 14.8 Å². The largest absolute Gasteiger partial charge is 0.452 e. The molecular formula is C20H16ClN3O3S. The van der Waals surface area contributed by atoms with Crippen LogP contribution in [0.3, 0.4) is 0 Å². The zero-order valence-corrected chi connectivity index (χ0v) is 16.3. The smallest absolute Gasteiger partial charge is 0.341 e. The van der Waals surface area contributed by atoms with Crippen LogP contribution in [0.5, 0.6) is 0 Å². The molecule has 0 saturated heterocycles. The molecule has 2 heterocycles. The highest BCUT2D eigenvalue weighted by Crippen LogP contribution is 2.27. The minimum absolute atomic E-state index is 0.0234. The number of amides is 1. The highest BCUT2D eigenvalue weighted by Gasteiger charge is 2.21. The zero-order valence-electron chi connectivity index (χ0n) is 14.7. The quantitative estimate of drug-likeness (QED) is 0.329. The molecule has 1 aromatic carbocycles. The van der Waals surface area contributed by atoms with E-state index in [1.54, 1.807) is 12.1 Å². The number of esters is 1. The van der Waals surface area contributed by atoms with Crippen LogP contribution in [0.2, 0.25) is 5.15 Å². The summed E-state index contributed by atoms with van der Waals surface area (Å²) in [5.74, 6) is -1.13. The first-order valence-corrected chi connectivity index (χ1v) is 9.55. The molecule has 3 aromatic rings. The summed E-state index contributed by atoms with van der Waals surface area (Å²) in [5.41, 5.74) is 1.82. The number of aromatic nitrogens is 2. The van der Waals surface area contributed by atoms with Gasteiger partial charge in [-0.2, -0.15) is 0 Å². The van der Waals surface area contributed by atoms with Crippen LogP contribution in [-0.2, 0) is 9.53 Å². The number of carbonyl (C=O) groups is 2. The molecule has 0 bridgehead atoms. The van der Waals surface area contributed by atoms with Crippen LogP contribution in [0, 0.1) is 0 Å². The first kappa shape index (κ1) is 19.7. The molecule has 0 fully saturated rings. The lowest BCUT2D eigenvalue weighted by Crippen LogP contribution is -2.34. The molecule has 0 spiro atoms. The van der Waals surface area contributed by atoms with Crippen molar-refractivity contribution in [3.8, 4) is 11.3 Å². The number of benzene rings is 1. The van der Waals surface area contributed by atoms with Gasteiger partial charge in [-0.15, -0.1) is 17.9 Å². The van der Waals surface area contributed by atoms with Gasteiger partial charge in [-0.1, -0.05) is 48.0 Å². The fraction of sp³-hybridized carbons (Fsp3) is 0.100. The van der Waals surface area contributed by atoms with Crippen LogP contribution in [0.25, 0.3) is 11.3 Å². The Hall–Kier alpha value is -3.03. The van der Waals surface area contributed by atoms with Gasteiger partial charge in [-0.05, 0) is 12.1 Å². The standard InChI is InChI=1S/C20H16ClN3O3S/c1-2-11-24(20-23-16(13-28-20)14-7-4-3-5-8-14)17(25)12-27-19(26)15-9-6-10-22-18(15)21/h2-10,13H,1,11-12H2. The summed E-state index contributed by atoms with van der Waals surface area (Å²) < 4.78 is 5.10. The monoisotopic (exact) mass is 413 g/mol. The topological polar surface area (TPSA) is 72.4 Å². The van der Waals surface area contributed by atoms with Crippen LogP contribution < -0.4 is 4.90 Å². The molecule has 142 valence electrons. The number of thiazole rings is 1. The van der Waals surface area contributed by atoms with E-state index in [0.29, 0.717) is 5.13 Å². The first-order chi connectivity index (χ1) is 13.6. The third-order valence-corrected chi connectivity index (χ3v) is 4.88. The van der Waals surface area contributed by atoms with Gasteiger partial charge in [0.15, 0.2) is 11.7 Å². The molecule has 0 radical (unpaired) electrons. The summed E-state index contributed by atoms with van der Waals surface area (Å²) in [4.78, 5) is 34.5. The molecule has 1 amide bonds. The molecule has 6 nitrogen and oxygen atoms in total. The SMILES string of the molecule is C=CCN(C(=O)COC(=O)c1cccnc1Cl)c1nc(-c2ccccc2)cs1. The number of nitrogens with zero attached hydrogens (tertiary/aromatic N) is 3. The lowest BCUT2D eigenvalue weighted by atomic mass is 10.2. The van der Waals surface area contributed by atoms with E-state index in [2.05, 4.69) is 16.5 Å². The van der Waals surface area contributed by atoms with E-state index in [1.807, 2.05) is 35.7 Å².